The Hall–Kier alpha value is -1.34. The van der Waals surface area contributed by atoms with Gasteiger partial charge in [-0.25, -0.2) is 0 Å². The SMILES string of the molecule is CCC(C#N)(CC)NC(=O)c1cc2c(s1)CCC2. The molecule has 1 aromatic rings. The fourth-order valence-corrected chi connectivity index (χ4v) is 3.48. The summed E-state index contributed by atoms with van der Waals surface area (Å²) >= 11 is 1.58. The summed E-state index contributed by atoms with van der Waals surface area (Å²) < 4.78 is 0. The van der Waals surface area contributed by atoms with Crippen LogP contribution in [0.5, 0.6) is 0 Å². The summed E-state index contributed by atoms with van der Waals surface area (Å²) in [6, 6.07) is 4.23. The molecule has 0 aliphatic heterocycles. The first-order valence-electron chi connectivity index (χ1n) is 6.49. The number of nitrogens with one attached hydrogen (secondary N) is 1. The maximum Gasteiger partial charge on any atom is 0.262 e. The summed E-state index contributed by atoms with van der Waals surface area (Å²) in [7, 11) is 0. The van der Waals surface area contributed by atoms with Gasteiger partial charge >= 0.3 is 0 Å². The molecule has 0 saturated carbocycles. The van der Waals surface area contributed by atoms with E-state index in [1.165, 1.54) is 16.9 Å². The quantitative estimate of drug-likeness (QED) is 0.906. The van der Waals surface area contributed by atoms with E-state index in [0.29, 0.717) is 12.8 Å². The Kier molecular flexibility index (Phi) is 3.72. The van der Waals surface area contributed by atoms with Crippen LogP contribution in [0.2, 0.25) is 0 Å². The predicted octanol–water partition coefficient (Wildman–Crippen LogP) is 3.05. The lowest BCUT2D eigenvalue weighted by Crippen LogP contribution is -2.46. The van der Waals surface area contributed by atoms with Crippen LogP contribution in [-0.2, 0) is 12.8 Å². The van der Waals surface area contributed by atoms with Crippen molar-refractivity contribution >= 4 is 17.2 Å². The normalized spacial score (nSPS) is 14.1. The lowest BCUT2D eigenvalue weighted by Gasteiger charge is -2.24. The Bertz CT molecular complexity index is 473. The fourth-order valence-electron chi connectivity index (χ4n) is 2.33. The number of rotatable bonds is 4. The third-order valence-electron chi connectivity index (χ3n) is 3.74. The molecule has 0 aromatic carbocycles. The lowest BCUT2D eigenvalue weighted by molar-refractivity contribution is 0.0919. The Labute approximate surface area is 112 Å². The molecule has 0 unspecified atom stereocenters. The molecule has 0 atom stereocenters. The highest BCUT2D eigenvalue weighted by Crippen LogP contribution is 2.31. The first-order chi connectivity index (χ1) is 8.64. The molecule has 1 aliphatic rings. The monoisotopic (exact) mass is 262 g/mol. The molecule has 0 bridgehead atoms. The molecule has 96 valence electrons. The number of aryl methyl sites for hydroxylation is 2. The molecule has 0 fully saturated rings. The van der Waals surface area contributed by atoms with E-state index in [1.807, 2.05) is 19.9 Å². The Morgan fingerprint density at radius 2 is 2.22 bits per heavy atom. The highest BCUT2D eigenvalue weighted by atomic mass is 32.1. The van der Waals surface area contributed by atoms with Crippen molar-refractivity contribution in [3.05, 3.63) is 21.4 Å². The number of fused-ring (bicyclic) bond motifs is 1. The van der Waals surface area contributed by atoms with Gasteiger partial charge in [0.25, 0.3) is 5.91 Å². The minimum atomic E-state index is -0.717. The van der Waals surface area contributed by atoms with E-state index < -0.39 is 5.54 Å². The topological polar surface area (TPSA) is 52.9 Å². The van der Waals surface area contributed by atoms with E-state index in [2.05, 4.69) is 11.4 Å². The summed E-state index contributed by atoms with van der Waals surface area (Å²) in [5, 5.41) is 12.1. The van der Waals surface area contributed by atoms with Crippen LogP contribution >= 0.6 is 11.3 Å². The predicted molar refractivity (Wildman–Crippen MR) is 72.7 cm³/mol. The lowest BCUT2D eigenvalue weighted by atomic mass is 9.94. The summed E-state index contributed by atoms with van der Waals surface area (Å²) in [5.74, 6) is -0.0975. The second-order valence-electron chi connectivity index (χ2n) is 4.77. The molecule has 1 heterocycles. The van der Waals surface area contributed by atoms with Gasteiger partial charge < -0.3 is 5.32 Å². The third kappa shape index (κ3) is 2.28. The van der Waals surface area contributed by atoms with Gasteiger partial charge in [-0.2, -0.15) is 5.26 Å². The number of carbonyl (C=O) groups excluding carboxylic acids is 1. The average molecular weight is 262 g/mol. The van der Waals surface area contributed by atoms with Gasteiger partial charge in [0, 0.05) is 4.88 Å². The van der Waals surface area contributed by atoms with Gasteiger partial charge in [0.15, 0.2) is 0 Å². The highest BCUT2D eigenvalue weighted by Gasteiger charge is 2.29. The smallest absolute Gasteiger partial charge is 0.262 e. The van der Waals surface area contributed by atoms with E-state index in [4.69, 9.17) is 0 Å². The van der Waals surface area contributed by atoms with Crippen LogP contribution in [0, 0.1) is 11.3 Å². The number of amides is 1. The van der Waals surface area contributed by atoms with Crippen LogP contribution in [0.25, 0.3) is 0 Å². The van der Waals surface area contributed by atoms with Crippen LogP contribution in [0.3, 0.4) is 0 Å². The van der Waals surface area contributed by atoms with Gasteiger partial charge in [0.1, 0.15) is 5.54 Å². The average Bonchev–Trinajstić information content (AvgIpc) is 2.96. The van der Waals surface area contributed by atoms with Crippen molar-refractivity contribution < 1.29 is 4.79 Å². The number of thiophene rings is 1. The fraction of sp³-hybridized carbons (Fsp3) is 0.571. The van der Waals surface area contributed by atoms with E-state index in [9.17, 15) is 10.1 Å². The number of nitrogens with zero attached hydrogens (tertiary/aromatic N) is 1. The van der Waals surface area contributed by atoms with E-state index in [0.717, 1.165) is 17.7 Å². The molecular formula is C14H18N2OS. The van der Waals surface area contributed by atoms with Crippen molar-refractivity contribution in [3.8, 4) is 6.07 Å². The van der Waals surface area contributed by atoms with E-state index in [1.54, 1.807) is 11.3 Å². The standard InChI is InChI=1S/C14H18N2OS/c1-3-14(4-2,9-15)16-13(17)12-8-10-6-5-7-11(10)18-12/h8H,3-7H2,1-2H3,(H,16,17). The van der Waals surface area contributed by atoms with Gasteiger partial charge in [-0.15, -0.1) is 11.3 Å². The number of hydrogen-bond donors (Lipinski definition) is 1. The van der Waals surface area contributed by atoms with E-state index in [-0.39, 0.29) is 5.91 Å². The molecule has 1 aromatic heterocycles. The van der Waals surface area contributed by atoms with Crippen molar-refractivity contribution in [2.75, 3.05) is 0 Å². The van der Waals surface area contributed by atoms with Crippen molar-refractivity contribution in [1.29, 1.82) is 5.26 Å². The van der Waals surface area contributed by atoms with Gasteiger partial charge in [0.2, 0.25) is 0 Å². The minimum absolute atomic E-state index is 0.0975. The summed E-state index contributed by atoms with van der Waals surface area (Å²) in [6.45, 7) is 3.86. The maximum atomic E-state index is 12.2. The van der Waals surface area contributed by atoms with Crippen LogP contribution in [-0.4, -0.2) is 11.4 Å². The number of nitriles is 1. The van der Waals surface area contributed by atoms with Crippen molar-refractivity contribution in [1.82, 2.24) is 5.32 Å². The van der Waals surface area contributed by atoms with Crippen LogP contribution in [0.4, 0.5) is 0 Å². The van der Waals surface area contributed by atoms with Crippen LogP contribution < -0.4 is 5.32 Å². The molecule has 0 spiro atoms. The zero-order chi connectivity index (χ0) is 13.2. The molecule has 2 rings (SSSR count). The van der Waals surface area contributed by atoms with Gasteiger partial charge in [0.05, 0.1) is 10.9 Å². The first kappa shape index (κ1) is 13.1. The molecule has 1 amide bonds. The maximum absolute atomic E-state index is 12.2. The second-order valence-corrected chi connectivity index (χ2v) is 5.90. The van der Waals surface area contributed by atoms with Crippen LogP contribution in [0.1, 0.15) is 53.2 Å². The van der Waals surface area contributed by atoms with Crippen LogP contribution in [0.15, 0.2) is 6.07 Å². The molecule has 1 aliphatic carbocycles. The largest absolute Gasteiger partial charge is 0.333 e. The Balaban J connectivity index is 2.14. The molecule has 1 N–H and O–H groups in total. The van der Waals surface area contributed by atoms with Crippen molar-refractivity contribution in [3.63, 3.8) is 0 Å². The zero-order valence-electron chi connectivity index (χ0n) is 10.9. The number of hydrogen-bond acceptors (Lipinski definition) is 3. The van der Waals surface area contributed by atoms with Crippen molar-refractivity contribution in [2.24, 2.45) is 0 Å². The van der Waals surface area contributed by atoms with Gasteiger partial charge in [-0.3, -0.25) is 4.79 Å². The molecule has 18 heavy (non-hydrogen) atoms. The third-order valence-corrected chi connectivity index (χ3v) is 4.98. The van der Waals surface area contributed by atoms with E-state index >= 15 is 0 Å². The van der Waals surface area contributed by atoms with Gasteiger partial charge in [-0.1, -0.05) is 13.8 Å². The second kappa shape index (κ2) is 5.11. The molecule has 3 nitrogen and oxygen atoms in total. The zero-order valence-corrected chi connectivity index (χ0v) is 11.7. The minimum Gasteiger partial charge on any atom is -0.333 e. The van der Waals surface area contributed by atoms with Gasteiger partial charge in [-0.05, 0) is 43.7 Å². The molecule has 0 saturated heterocycles. The summed E-state index contributed by atoms with van der Waals surface area (Å²) in [4.78, 5) is 14.3. The Morgan fingerprint density at radius 3 is 2.78 bits per heavy atom. The summed E-state index contributed by atoms with van der Waals surface area (Å²) in [6.07, 6.45) is 4.66. The number of carbonyl (C=O) groups is 1. The first-order valence-corrected chi connectivity index (χ1v) is 7.31. The Morgan fingerprint density at radius 1 is 1.50 bits per heavy atom. The highest BCUT2D eigenvalue weighted by molar-refractivity contribution is 7.14. The molecule has 0 radical (unpaired) electrons. The summed E-state index contributed by atoms with van der Waals surface area (Å²) in [5.41, 5.74) is 0.603. The van der Waals surface area contributed by atoms with Crippen molar-refractivity contribution in [2.45, 2.75) is 51.5 Å². The molecule has 4 heteroatoms. The molecular weight excluding hydrogens is 244 g/mol.